The second-order valence-electron chi connectivity index (χ2n) is 5.68. The predicted octanol–water partition coefficient (Wildman–Crippen LogP) is -1.91. The van der Waals surface area contributed by atoms with Gasteiger partial charge < -0.3 is 20.5 Å². The van der Waals surface area contributed by atoms with Crippen LogP contribution in [0, 0.1) is 0 Å². The Hall–Kier alpha value is -0.730. The highest BCUT2D eigenvalue weighted by molar-refractivity contribution is 5.81. The fourth-order valence-corrected chi connectivity index (χ4v) is 2.91. The normalized spacial score (nSPS) is 26.5. The van der Waals surface area contributed by atoms with E-state index in [2.05, 4.69) is 15.5 Å². The van der Waals surface area contributed by atoms with Crippen molar-refractivity contribution in [2.75, 3.05) is 65.6 Å². The van der Waals surface area contributed by atoms with Gasteiger partial charge in [-0.15, -0.1) is 0 Å². The first-order chi connectivity index (χ1) is 10.2. The van der Waals surface area contributed by atoms with Crippen LogP contribution < -0.4 is 10.6 Å². The van der Waals surface area contributed by atoms with E-state index in [1.54, 1.807) is 0 Å². The molecule has 2 aliphatic rings. The van der Waals surface area contributed by atoms with Gasteiger partial charge in [0, 0.05) is 52.4 Å². The molecule has 7 nitrogen and oxygen atoms in total. The molecule has 2 saturated heterocycles. The number of nitrogens with one attached hydrogen (secondary N) is 2. The van der Waals surface area contributed by atoms with Gasteiger partial charge in [-0.05, 0) is 6.92 Å². The van der Waals surface area contributed by atoms with Crippen molar-refractivity contribution >= 4 is 5.91 Å². The monoisotopic (exact) mass is 300 g/mol. The Balaban J connectivity index is 1.81. The van der Waals surface area contributed by atoms with Crippen LogP contribution in [0.2, 0.25) is 0 Å². The van der Waals surface area contributed by atoms with E-state index in [1.807, 2.05) is 11.8 Å². The maximum atomic E-state index is 12.0. The van der Waals surface area contributed by atoms with Gasteiger partial charge in [-0.1, -0.05) is 0 Å². The number of aliphatic hydroxyl groups excluding tert-OH is 1. The van der Waals surface area contributed by atoms with Gasteiger partial charge in [0.25, 0.3) is 0 Å². The zero-order valence-electron chi connectivity index (χ0n) is 12.9. The number of piperazine rings is 1. The fraction of sp³-hybridized carbons (Fsp3) is 0.929. The van der Waals surface area contributed by atoms with E-state index in [-0.39, 0.29) is 11.9 Å². The molecule has 0 radical (unpaired) electrons. The summed E-state index contributed by atoms with van der Waals surface area (Å²) in [5, 5.41) is 16.4. The van der Waals surface area contributed by atoms with Crippen molar-refractivity contribution in [3.8, 4) is 0 Å². The van der Waals surface area contributed by atoms with E-state index in [1.165, 1.54) is 0 Å². The molecule has 3 N–H and O–H groups in total. The van der Waals surface area contributed by atoms with Crippen molar-refractivity contribution in [2.45, 2.75) is 19.1 Å². The molecule has 7 heteroatoms. The third kappa shape index (κ3) is 5.19. The minimum Gasteiger partial charge on any atom is -0.390 e. The average Bonchev–Trinajstić information content (AvgIpc) is 2.49. The van der Waals surface area contributed by atoms with Gasteiger partial charge in [-0.25, -0.2) is 0 Å². The topological polar surface area (TPSA) is 77.1 Å². The maximum absolute atomic E-state index is 12.0. The standard InChI is InChI=1S/C14H28N4O3/c1-2-16-14(20)13-11-21-8-7-18(13)10-12(19)9-17-5-3-15-4-6-17/h12-13,15,19H,2-11H2,1H3,(H,16,20). The molecule has 0 aromatic heterocycles. The van der Waals surface area contributed by atoms with Crippen molar-refractivity contribution in [3.05, 3.63) is 0 Å². The lowest BCUT2D eigenvalue weighted by Crippen LogP contribution is -2.56. The van der Waals surface area contributed by atoms with Crippen LogP contribution in [0.15, 0.2) is 0 Å². The van der Waals surface area contributed by atoms with Crippen LogP contribution in [0.25, 0.3) is 0 Å². The van der Waals surface area contributed by atoms with Crippen LogP contribution in [0.4, 0.5) is 0 Å². The van der Waals surface area contributed by atoms with Gasteiger partial charge in [0.2, 0.25) is 5.91 Å². The summed E-state index contributed by atoms with van der Waals surface area (Å²) in [6.45, 7) is 9.34. The number of aliphatic hydroxyl groups is 1. The maximum Gasteiger partial charge on any atom is 0.239 e. The number of hydrogen-bond acceptors (Lipinski definition) is 6. The van der Waals surface area contributed by atoms with Crippen molar-refractivity contribution < 1.29 is 14.6 Å². The lowest BCUT2D eigenvalue weighted by atomic mass is 10.1. The molecule has 0 aromatic rings. The molecule has 2 aliphatic heterocycles. The molecule has 0 aromatic carbocycles. The lowest BCUT2D eigenvalue weighted by molar-refractivity contribution is -0.133. The van der Waals surface area contributed by atoms with E-state index >= 15 is 0 Å². The molecule has 0 saturated carbocycles. The lowest BCUT2D eigenvalue weighted by Gasteiger charge is -2.37. The van der Waals surface area contributed by atoms with Crippen LogP contribution in [0.1, 0.15) is 6.92 Å². The summed E-state index contributed by atoms with van der Waals surface area (Å²) in [7, 11) is 0. The summed E-state index contributed by atoms with van der Waals surface area (Å²) in [5.41, 5.74) is 0. The van der Waals surface area contributed by atoms with Gasteiger partial charge in [0.15, 0.2) is 0 Å². The summed E-state index contributed by atoms with van der Waals surface area (Å²) < 4.78 is 5.41. The molecule has 0 spiro atoms. The summed E-state index contributed by atoms with van der Waals surface area (Å²) in [5.74, 6) is -0.00780. The molecule has 2 heterocycles. The largest absolute Gasteiger partial charge is 0.390 e. The number of amides is 1. The molecule has 2 fully saturated rings. The first-order valence-corrected chi connectivity index (χ1v) is 7.91. The average molecular weight is 300 g/mol. The summed E-state index contributed by atoms with van der Waals surface area (Å²) in [4.78, 5) is 16.4. The smallest absolute Gasteiger partial charge is 0.239 e. The summed E-state index contributed by atoms with van der Waals surface area (Å²) >= 11 is 0. The zero-order valence-corrected chi connectivity index (χ0v) is 12.9. The van der Waals surface area contributed by atoms with E-state index in [4.69, 9.17) is 4.74 Å². The van der Waals surface area contributed by atoms with E-state index < -0.39 is 6.10 Å². The van der Waals surface area contributed by atoms with Crippen LogP contribution in [0.3, 0.4) is 0 Å². The molecule has 21 heavy (non-hydrogen) atoms. The number of likely N-dealkylation sites (N-methyl/N-ethyl adjacent to an activating group) is 1. The van der Waals surface area contributed by atoms with E-state index in [9.17, 15) is 9.90 Å². The van der Waals surface area contributed by atoms with Crippen LogP contribution >= 0.6 is 0 Å². The molecule has 1 amide bonds. The number of rotatable bonds is 6. The minimum atomic E-state index is -0.432. The molecule has 2 rings (SSSR count). The predicted molar refractivity (Wildman–Crippen MR) is 80.2 cm³/mol. The number of carbonyl (C=O) groups excluding carboxylic acids is 1. The van der Waals surface area contributed by atoms with Crippen molar-refractivity contribution in [3.63, 3.8) is 0 Å². The number of ether oxygens (including phenoxy) is 1. The van der Waals surface area contributed by atoms with Gasteiger partial charge in [0.1, 0.15) is 6.04 Å². The Morgan fingerprint density at radius 2 is 2.14 bits per heavy atom. The second-order valence-corrected chi connectivity index (χ2v) is 5.68. The van der Waals surface area contributed by atoms with Crippen LogP contribution in [-0.2, 0) is 9.53 Å². The van der Waals surface area contributed by atoms with E-state index in [0.29, 0.717) is 39.4 Å². The number of β-amino-alcohol motifs (C(OH)–C–C–N with tert-alkyl or cyclic N) is 1. The number of morpholine rings is 1. The third-order valence-electron chi connectivity index (χ3n) is 4.02. The molecular formula is C14H28N4O3. The highest BCUT2D eigenvalue weighted by Gasteiger charge is 2.30. The first kappa shape index (κ1) is 16.6. The van der Waals surface area contributed by atoms with Gasteiger partial charge in [0.05, 0.1) is 19.3 Å². The van der Waals surface area contributed by atoms with Gasteiger partial charge in [-0.3, -0.25) is 14.6 Å². The molecule has 2 unspecified atom stereocenters. The van der Waals surface area contributed by atoms with E-state index in [0.717, 1.165) is 26.2 Å². The third-order valence-corrected chi connectivity index (χ3v) is 4.02. The Kier molecular flexibility index (Phi) is 6.85. The molecule has 122 valence electrons. The Morgan fingerprint density at radius 1 is 1.38 bits per heavy atom. The Morgan fingerprint density at radius 3 is 2.86 bits per heavy atom. The minimum absolute atomic E-state index is 0.00780. The fourth-order valence-electron chi connectivity index (χ4n) is 2.91. The SMILES string of the molecule is CCNC(=O)C1COCCN1CC(O)CN1CCNCC1. The summed E-state index contributed by atoms with van der Waals surface area (Å²) in [6.07, 6.45) is -0.432. The second kappa shape index (κ2) is 8.65. The number of hydrogen-bond donors (Lipinski definition) is 3. The molecule has 0 bridgehead atoms. The first-order valence-electron chi connectivity index (χ1n) is 7.91. The van der Waals surface area contributed by atoms with Gasteiger partial charge in [-0.2, -0.15) is 0 Å². The van der Waals surface area contributed by atoms with Crippen molar-refractivity contribution in [2.24, 2.45) is 0 Å². The zero-order chi connectivity index (χ0) is 15.1. The Labute approximate surface area is 126 Å². The quantitative estimate of drug-likeness (QED) is 0.531. The Bertz CT molecular complexity index is 323. The highest BCUT2D eigenvalue weighted by Crippen LogP contribution is 2.09. The number of nitrogens with zero attached hydrogens (tertiary/aromatic N) is 2. The van der Waals surface area contributed by atoms with Gasteiger partial charge >= 0.3 is 0 Å². The molecular weight excluding hydrogens is 272 g/mol. The van der Waals surface area contributed by atoms with Crippen molar-refractivity contribution in [1.82, 2.24) is 20.4 Å². The summed E-state index contributed by atoms with van der Waals surface area (Å²) in [6, 6.07) is -0.281. The molecule has 2 atom stereocenters. The highest BCUT2D eigenvalue weighted by atomic mass is 16.5. The molecule has 0 aliphatic carbocycles. The van der Waals surface area contributed by atoms with Crippen LogP contribution in [0.5, 0.6) is 0 Å². The van der Waals surface area contributed by atoms with Crippen molar-refractivity contribution in [1.29, 1.82) is 0 Å². The van der Waals surface area contributed by atoms with Crippen LogP contribution in [-0.4, -0.2) is 98.5 Å². The number of carbonyl (C=O) groups is 1.